The molecular weight excluding hydrogens is 383 g/mol. The number of allylic oxidation sites excluding steroid dienone is 1. The number of cyclic esters (lactones) is 1. The Hall–Kier alpha value is -2.13. The van der Waals surface area contributed by atoms with Gasteiger partial charge in [-0.3, -0.25) is 9.91 Å². The first-order valence-corrected chi connectivity index (χ1v) is 10.8. The Morgan fingerprint density at radius 3 is 2.82 bits per heavy atom. The molecule has 28 heavy (non-hydrogen) atoms. The van der Waals surface area contributed by atoms with Crippen molar-refractivity contribution in [2.45, 2.75) is 31.8 Å². The van der Waals surface area contributed by atoms with Crippen LogP contribution in [0.4, 0.5) is 14.9 Å². The number of ether oxygens (including phenoxy) is 1. The summed E-state index contributed by atoms with van der Waals surface area (Å²) in [4.78, 5) is 13.7. The fraction of sp³-hybridized carbons (Fsp3) is 0.526. The molecule has 1 unspecified atom stereocenters. The first-order chi connectivity index (χ1) is 13.3. The van der Waals surface area contributed by atoms with Crippen molar-refractivity contribution in [3.8, 4) is 0 Å². The van der Waals surface area contributed by atoms with Crippen LogP contribution < -0.4 is 4.90 Å². The van der Waals surface area contributed by atoms with Gasteiger partial charge in [-0.2, -0.15) is 4.55 Å². The second kappa shape index (κ2) is 8.91. The predicted octanol–water partition coefficient (Wildman–Crippen LogP) is 3.95. The lowest BCUT2D eigenvalue weighted by molar-refractivity contribution is 0.116. The maximum atomic E-state index is 14.7. The molecule has 1 amide bonds. The third kappa shape index (κ3) is 5.02. The second-order valence-corrected chi connectivity index (χ2v) is 8.97. The highest BCUT2D eigenvalue weighted by molar-refractivity contribution is 7.91. The summed E-state index contributed by atoms with van der Waals surface area (Å²) in [7, 11) is 1.74. The minimum atomic E-state index is -0.531. The van der Waals surface area contributed by atoms with E-state index in [-0.39, 0.29) is 17.8 Å². The molecule has 0 aromatic heterocycles. The summed E-state index contributed by atoms with van der Waals surface area (Å²) >= 11 is -0.531. The van der Waals surface area contributed by atoms with Gasteiger partial charge in [-0.1, -0.05) is 17.9 Å². The van der Waals surface area contributed by atoms with Crippen LogP contribution in [0.2, 0.25) is 0 Å². The number of carbonyl (C=O) groups excluding carboxylic acids is 1. The van der Waals surface area contributed by atoms with Crippen LogP contribution >= 0.6 is 0 Å². The molecule has 9 heteroatoms. The number of likely N-dealkylation sites (N-methyl/N-ethyl adjacent to an activating group) is 1. The number of rotatable bonds is 6. The number of benzene rings is 1. The quantitative estimate of drug-likeness (QED) is 0.438. The van der Waals surface area contributed by atoms with Gasteiger partial charge >= 0.3 is 6.09 Å². The highest BCUT2D eigenvalue weighted by Crippen LogP contribution is 2.33. The molecule has 2 heterocycles. The van der Waals surface area contributed by atoms with Crippen molar-refractivity contribution < 1.29 is 18.5 Å². The van der Waals surface area contributed by atoms with Gasteiger partial charge in [0.2, 0.25) is 0 Å². The highest BCUT2D eigenvalue weighted by atomic mass is 32.2. The van der Waals surface area contributed by atoms with Crippen LogP contribution in [0.15, 0.2) is 40.8 Å². The number of hydrogen-bond donors (Lipinski definition) is 1. The Morgan fingerprint density at radius 1 is 1.46 bits per heavy atom. The van der Waals surface area contributed by atoms with E-state index in [1.807, 2.05) is 0 Å². The zero-order valence-corrected chi connectivity index (χ0v) is 17.0. The van der Waals surface area contributed by atoms with Gasteiger partial charge in [0.25, 0.3) is 0 Å². The van der Waals surface area contributed by atoms with Gasteiger partial charge in [0.05, 0.1) is 24.5 Å². The molecule has 2 aliphatic heterocycles. The summed E-state index contributed by atoms with van der Waals surface area (Å²) in [6.45, 7) is 6.09. The summed E-state index contributed by atoms with van der Waals surface area (Å²) in [5, 5.41) is 9.42. The highest BCUT2D eigenvalue weighted by Gasteiger charge is 2.34. The number of carbonyl (C=O) groups is 1. The first kappa shape index (κ1) is 20.6. The summed E-state index contributed by atoms with van der Waals surface area (Å²) < 4.78 is 29.8. The number of nitrogens with zero attached hydrogens (tertiary/aromatic N) is 4. The van der Waals surface area contributed by atoms with Gasteiger partial charge in [-0.05, 0) is 30.5 Å². The Bertz CT molecular complexity index is 768. The smallest absolute Gasteiger partial charge is 0.414 e. The molecule has 2 fully saturated rings. The van der Waals surface area contributed by atoms with E-state index in [2.05, 4.69) is 16.9 Å². The molecule has 2 saturated heterocycles. The van der Waals surface area contributed by atoms with Crippen LogP contribution in [0, 0.1) is 5.82 Å². The molecule has 1 N–H and O–H groups in total. The number of halogens is 1. The Morgan fingerprint density at radius 2 is 2.18 bits per heavy atom. The van der Waals surface area contributed by atoms with E-state index in [1.165, 1.54) is 11.0 Å². The maximum Gasteiger partial charge on any atom is 0.414 e. The largest absolute Gasteiger partial charge is 0.442 e. The fourth-order valence-corrected chi connectivity index (χ4v) is 4.76. The molecule has 7 nitrogen and oxygen atoms in total. The minimum absolute atomic E-state index is 0.121. The monoisotopic (exact) mass is 409 g/mol. The number of hydrogen-bond acceptors (Lipinski definition) is 5. The second-order valence-electron chi connectivity index (χ2n) is 7.23. The van der Waals surface area contributed by atoms with Crippen molar-refractivity contribution in [2.24, 2.45) is 10.3 Å². The average molecular weight is 410 g/mol. The molecule has 1 atom stereocenters. The molecule has 3 rings (SSSR count). The summed E-state index contributed by atoms with van der Waals surface area (Å²) in [5.41, 5.74) is 1.72. The normalized spacial score (nSPS) is 25.2. The summed E-state index contributed by atoms with van der Waals surface area (Å²) in [6.07, 6.45) is 0.693. The Labute approximate surface area is 167 Å². The lowest BCUT2D eigenvalue weighted by atomic mass is 9.93. The van der Waals surface area contributed by atoms with Crippen molar-refractivity contribution >= 4 is 23.0 Å². The zero-order chi connectivity index (χ0) is 20.3. The van der Waals surface area contributed by atoms with E-state index in [4.69, 9.17) is 4.74 Å². The van der Waals surface area contributed by atoms with E-state index >= 15 is 0 Å². The molecule has 0 aliphatic carbocycles. The van der Waals surface area contributed by atoms with Crippen molar-refractivity contribution in [3.05, 3.63) is 41.9 Å². The SMILES string of the molecule is C=C(C)N=NN(C)CC1CN(c2ccc(C3CC[S+](O)CC3)c(F)c2)C(=O)O1. The van der Waals surface area contributed by atoms with E-state index in [0.29, 0.717) is 30.0 Å². The number of amides is 1. The summed E-state index contributed by atoms with van der Waals surface area (Å²) in [5.74, 6) is 1.26. The van der Waals surface area contributed by atoms with Gasteiger partial charge in [0, 0.05) is 19.9 Å². The van der Waals surface area contributed by atoms with E-state index in [9.17, 15) is 13.7 Å². The molecule has 1 aromatic rings. The van der Waals surface area contributed by atoms with E-state index < -0.39 is 17.3 Å². The topological polar surface area (TPSA) is 77.7 Å². The fourth-order valence-electron chi connectivity index (χ4n) is 3.44. The lowest BCUT2D eigenvalue weighted by Gasteiger charge is -2.21. The van der Waals surface area contributed by atoms with Crippen LogP contribution in [-0.4, -0.2) is 53.4 Å². The predicted molar refractivity (Wildman–Crippen MR) is 108 cm³/mol. The van der Waals surface area contributed by atoms with Crippen molar-refractivity contribution in [1.82, 2.24) is 5.01 Å². The van der Waals surface area contributed by atoms with E-state index in [0.717, 1.165) is 24.3 Å². The van der Waals surface area contributed by atoms with Gasteiger partial charge in [-0.15, -0.1) is 5.11 Å². The molecule has 152 valence electrons. The minimum Gasteiger partial charge on any atom is -0.442 e. The van der Waals surface area contributed by atoms with Gasteiger partial charge in [0.1, 0.15) is 34.6 Å². The average Bonchev–Trinajstić information content (AvgIpc) is 3.01. The number of anilines is 1. The van der Waals surface area contributed by atoms with Crippen molar-refractivity contribution in [3.63, 3.8) is 0 Å². The van der Waals surface area contributed by atoms with Crippen LogP contribution in [-0.2, 0) is 15.9 Å². The Kier molecular flexibility index (Phi) is 6.56. The van der Waals surface area contributed by atoms with Crippen LogP contribution in [0.3, 0.4) is 0 Å². The molecule has 2 aliphatic rings. The molecular formula is C19H26FN4O3S+. The standard InChI is InChI=1S/C19H26FN4O3S/c1-13(2)21-22-23(3)11-16-12-24(19(25)27-16)15-4-5-17(18(20)10-15)14-6-8-28(26)9-7-14/h4-5,10,14,16,26H,1,6-9,11-12H2,2-3H3/q+1. The third-order valence-electron chi connectivity index (χ3n) is 4.85. The molecule has 0 saturated carbocycles. The van der Waals surface area contributed by atoms with Crippen molar-refractivity contribution in [2.75, 3.05) is 36.5 Å². The molecule has 1 aromatic carbocycles. The molecule has 0 spiro atoms. The summed E-state index contributed by atoms with van der Waals surface area (Å²) in [6, 6.07) is 4.92. The first-order valence-electron chi connectivity index (χ1n) is 9.26. The lowest BCUT2D eigenvalue weighted by Crippen LogP contribution is -2.30. The van der Waals surface area contributed by atoms with Gasteiger partial charge in [-0.25, -0.2) is 9.18 Å². The van der Waals surface area contributed by atoms with Crippen LogP contribution in [0.1, 0.15) is 31.2 Å². The van der Waals surface area contributed by atoms with Gasteiger partial charge in [0.15, 0.2) is 0 Å². The third-order valence-corrected chi connectivity index (χ3v) is 6.26. The molecule has 0 bridgehead atoms. The van der Waals surface area contributed by atoms with E-state index in [1.54, 1.807) is 31.1 Å². The van der Waals surface area contributed by atoms with Crippen LogP contribution in [0.25, 0.3) is 0 Å². The Balaban J connectivity index is 1.64. The zero-order valence-electron chi connectivity index (χ0n) is 16.2. The maximum absolute atomic E-state index is 14.7. The van der Waals surface area contributed by atoms with Crippen molar-refractivity contribution in [1.29, 1.82) is 0 Å². The van der Waals surface area contributed by atoms with Crippen LogP contribution in [0.5, 0.6) is 0 Å². The molecule has 0 radical (unpaired) electrons. The van der Waals surface area contributed by atoms with Gasteiger partial charge < -0.3 is 4.74 Å².